The van der Waals surface area contributed by atoms with Crippen LogP contribution in [0.1, 0.15) is 42.7 Å². The number of imidazole rings is 1. The summed E-state index contributed by atoms with van der Waals surface area (Å²) in [5, 5.41) is 3.71. The van der Waals surface area contributed by atoms with E-state index in [1.54, 1.807) is 30.5 Å². The molecular weight excluding hydrogens is 330 g/mol. The van der Waals surface area contributed by atoms with Crippen LogP contribution in [0, 0.1) is 0 Å². The zero-order valence-electron chi connectivity index (χ0n) is 13.7. The first kappa shape index (κ1) is 16.5. The highest BCUT2D eigenvalue weighted by Crippen LogP contribution is 2.22. The molecule has 0 saturated heterocycles. The molecule has 2 heterocycles. The lowest BCUT2D eigenvalue weighted by Crippen LogP contribution is -2.23. The van der Waals surface area contributed by atoms with Crippen LogP contribution >= 0.6 is 11.6 Å². The summed E-state index contributed by atoms with van der Waals surface area (Å²) in [5.41, 5.74) is 1.48. The number of rotatable bonds is 4. The molecule has 126 valence electrons. The molecule has 0 unspecified atom stereocenters. The third-order valence-electron chi connectivity index (χ3n) is 3.39. The second kappa shape index (κ2) is 6.28. The molecule has 6 nitrogen and oxygen atoms in total. The summed E-state index contributed by atoms with van der Waals surface area (Å²) in [7, 11) is 0. The van der Waals surface area contributed by atoms with Crippen LogP contribution in [0.25, 0.3) is 11.0 Å². The number of benzene rings is 1. The zero-order chi connectivity index (χ0) is 17.3. The number of aromatic nitrogens is 3. The molecule has 0 N–H and O–H groups in total. The molecule has 0 aliphatic carbocycles. The predicted molar refractivity (Wildman–Crippen MR) is 90.1 cm³/mol. The van der Waals surface area contributed by atoms with Gasteiger partial charge in [0.15, 0.2) is 5.76 Å². The van der Waals surface area contributed by atoms with Gasteiger partial charge in [0.05, 0.1) is 35.2 Å². The minimum absolute atomic E-state index is 0.255. The van der Waals surface area contributed by atoms with Gasteiger partial charge in [0, 0.05) is 6.07 Å². The minimum atomic E-state index is -0.548. The first-order valence-electron chi connectivity index (χ1n) is 7.55. The van der Waals surface area contributed by atoms with Crippen LogP contribution in [0.15, 0.2) is 35.0 Å². The van der Waals surface area contributed by atoms with Crippen LogP contribution < -0.4 is 0 Å². The molecule has 1 aromatic carbocycles. The Labute approximate surface area is 144 Å². The van der Waals surface area contributed by atoms with Crippen molar-refractivity contribution in [2.45, 2.75) is 38.8 Å². The lowest BCUT2D eigenvalue weighted by atomic mass is 10.1. The van der Waals surface area contributed by atoms with E-state index in [1.165, 1.54) is 0 Å². The molecule has 0 spiro atoms. The van der Waals surface area contributed by atoms with Crippen molar-refractivity contribution >= 4 is 28.6 Å². The Balaban J connectivity index is 2.02. The summed E-state index contributed by atoms with van der Waals surface area (Å²) >= 11 is 6.01. The van der Waals surface area contributed by atoms with Crippen molar-refractivity contribution < 1.29 is 14.1 Å². The topological polar surface area (TPSA) is 70.2 Å². The average Bonchev–Trinajstić information content (AvgIpc) is 3.13. The van der Waals surface area contributed by atoms with Gasteiger partial charge in [-0.05, 0) is 39.0 Å². The Bertz CT molecular complexity index is 863. The summed E-state index contributed by atoms with van der Waals surface area (Å²) in [6.07, 6.45) is 1.58. The van der Waals surface area contributed by atoms with E-state index >= 15 is 0 Å². The average molecular weight is 348 g/mol. The highest BCUT2D eigenvalue weighted by molar-refractivity contribution is 6.16. The van der Waals surface area contributed by atoms with Crippen LogP contribution in [-0.4, -0.2) is 26.3 Å². The maximum absolute atomic E-state index is 12.3. The van der Waals surface area contributed by atoms with E-state index in [9.17, 15) is 4.79 Å². The Morgan fingerprint density at radius 3 is 2.75 bits per heavy atom. The van der Waals surface area contributed by atoms with Crippen LogP contribution in [0.2, 0.25) is 0 Å². The lowest BCUT2D eigenvalue weighted by Gasteiger charge is -2.19. The Hall–Kier alpha value is -2.34. The molecule has 0 saturated carbocycles. The molecule has 0 fully saturated rings. The summed E-state index contributed by atoms with van der Waals surface area (Å²) in [6.45, 7) is 5.95. The van der Waals surface area contributed by atoms with E-state index in [1.807, 2.05) is 25.3 Å². The fourth-order valence-corrected chi connectivity index (χ4v) is 2.60. The predicted octanol–water partition coefficient (Wildman–Crippen LogP) is 3.77. The van der Waals surface area contributed by atoms with Crippen molar-refractivity contribution in [2.75, 3.05) is 0 Å². The van der Waals surface area contributed by atoms with E-state index in [0.717, 1.165) is 11.0 Å². The normalized spacial score (nSPS) is 11.8. The molecule has 0 amide bonds. The Morgan fingerprint density at radius 2 is 2.12 bits per heavy atom. The highest BCUT2D eigenvalue weighted by Gasteiger charge is 2.20. The third-order valence-corrected chi connectivity index (χ3v) is 3.63. The minimum Gasteiger partial charge on any atom is -0.456 e. The molecule has 0 radical (unpaired) electrons. The molecule has 0 bridgehead atoms. The smallest absolute Gasteiger partial charge is 0.338 e. The van der Waals surface area contributed by atoms with Crippen molar-refractivity contribution in [1.29, 1.82) is 0 Å². The monoisotopic (exact) mass is 347 g/mol. The molecule has 3 aromatic rings. The number of halogens is 1. The fourth-order valence-electron chi connectivity index (χ4n) is 2.39. The van der Waals surface area contributed by atoms with Gasteiger partial charge in [-0.25, -0.2) is 9.78 Å². The number of carbonyl (C=O) groups is 1. The Morgan fingerprint density at radius 1 is 1.33 bits per heavy atom. The standard InChI is InChI=1S/C17H18ClN3O3/c1-17(2,3)23-16(22)11-4-5-13-14(8-11)21(15(9-18)20-13)10-12-6-7-19-24-12/h4-8H,9-10H2,1-3H3. The van der Waals surface area contributed by atoms with Gasteiger partial charge in [-0.1, -0.05) is 5.16 Å². The Kier molecular flexibility index (Phi) is 4.32. The summed E-state index contributed by atoms with van der Waals surface area (Å²) in [4.78, 5) is 16.8. The number of nitrogens with zero attached hydrogens (tertiary/aromatic N) is 3. The summed E-state index contributed by atoms with van der Waals surface area (Å²) < 4.78 is 12.5. The quantitative estimate of drug-likeness (QED) is 0.530. The van der Waals surface area contributed by atoms with E-state index < -0.39 is 5.60 Å². The van der Waals surface area contributed by atoms with Gasteiger partial charge in [0.2, 0.25) is 0 Å². The first-order chi connectivity index (χ1) is 11.4. The maximum Gasteiger partial charge on any atom is 0.338 e. The molecule has 0 aliphatic heterocycles. The molecule has 24 heavy (non-hydrogen) atoms. The van der Waals surface area contributed by atoms with E-state index in [0.29, 0.717) is 23.7 Å². The molecule has 3 rings (SSSR count). The van der Waals surface area contributed by atoms with E-state index in [-0.39, 0.29) is 11.8 Å². The van der Waals surface area contributed by atoms with Crippen LogP contribution in [0.4, 0.5) is 0 Å². The van der Waals surface area contributed by atoms with Crippen LogP contribution in [0.5, 0.6) is 0 Å². The lowest BCUT2D eigenvalue weighted by molar-refractivity contribution is 0.00697. The number of carbonyl (C=O) groups excluding carboxylic acids is 1. The number of esters is 1. The maximum atomic E-state index is 12.3. The summed E-state index contributed by atoms with van der Waals surface area (Å²) in [5.74, 6) is 1.27. The SMILES string of the molecule is CC(C)(C)OC(=O)c1ccc2nc(CCl)n(Cc3ccno3)c2c1. The van der Waals surface area contributed by atoms with E-state index in [2.05, 4.69) is 10.1 Å². The number of hydrogen-bond acceptors (Lipinski definition) is 5. The van der Waals surface area contributed by atoms with Crippen molar-refractivity contribution in [3.63, 3.8) is 0 Å². The van der Waals surface area contributed by atoms with Gasteiger partial charge < -0.3 is 13.8 Å². The molecule has 0 atom stereocenters. The van der Waals surface area contributed by atoms with Crippen molar-refractivity contribution in [1.82, 2.24) is 14.7 Å². The molecule has 7 heteroatoms. The van der Waals surface area contributed by atoms with Crippen molar-refractivity contribution in [3.8, 4) is 0 Å². The van der Waals surface area contributed by atoms with Gasteiger partial charge in [-0.2, -0.15) is 0 Å². The van der Waals surface area contributed by atoms with Gasteiger partial charge >= 0.3 is 5.97 Å². The number of ether oxygens (including phenoxy) is 1. The van der Waals surface area contributed by atoms with Crippen molar-refractivity contribution in [2.24, 2.45) is 0 Å². The van der Waals surface area contributed by atoms with Gasteiger partial charge in [-0.3, -0.25) is 0 Å². The zero-order valence-corrected chi connectivity index (χ0v) is 14.5. The highest BCUT2D eigenvalue weighted by atomic mass is 35.5. The molecule has 0 aliphatic rings. The van der Waals surface area contributed by atoms with Gasteiger partial charge in [0.25, 0.3) is 0 Å². The summed E-state index contributed by atoms with van der Waals surface area (Å²) in [6, 6.07) is 7.05. The molecule has 2 aromatic heterocycles. The second-order valence-corrected chi connectivity index (χ2v) is 6.70. The number of alkyl halides is 1. The molecular formula is C17H18ClN3O3. The van der Waals surface area contributed by atoms with Gasteiger partial charge in [-0.15, -0.1) is 11.6 Å². The van der Waals surface area contributed by atoms with Crippen LogP contribution in [0.3, 0.4) is 0 Å². The number of hydrogen-bond donors (Lipinski definition) is 0. The second-order valence-electron chi connectivity index (χ2n) is 6.43. The van der Waals surface area contributed by atoms with E-state index in [4.69, 9.17) is 20.9 Å². The third kappa shape index (κ3) is 3.43. The first-order valence-corrected chi connectivity index (χ1v) is 8.09. The van der Waals surface area contributed by atoms with Crippen molar-refractivity contribution in [3.05, 3.63) is 47.6 Å². The van der Waals surface area contributed by atoms with Gasteiger partial charge in [0.1, 0.15) is 11.4 Å². The van der Waals surface area contributed by atoms with Crippen LogP contribution in [-0.2, 0) is 17.2 Å². The largest absolute Gasteiger partial charge is 0.456 e. The number of fused-ring (bicyclic) bond motifs is 1. The fraction of sp³-hybridized carbons (Fsp3) is 0.353.